The van der Waals surface area contributed by atoms with Crippen LogP contribution in [0, 0.1) is 11.8 Å². The third-order valence-electron chi connectivity index (χ3n) is 10.5. The molecule has 1 aromatic rings. The van der Waals surface area contributed by atoms with Crippen molar-refractivity contribution in [3.63, 3.8) is 0 Å². The van der Waals surface area contributed by atoms with Crippen molar-refractivity contribution < 1.29 is 4.79 Å². The predicted molar refractivity (Wildman–Crippen MR) is 146 cm³/mol. The number of nitrogens with zero attached hydrogens (tertiary/aromatic N) is 6. The molecular weight excluding hydrogens is 460 g/mol. The van der Waals surface area contributed by atoms with E-state index in [9.17, 15) is 4.79 Å². The molecule has 3 saturated heterocycles. The molecule has 37 heavy (non-hydrogen) atoms. The molecule has 7 nitrogen and oxygen atoms in total. The fourth-order valence-corrected chi connectivity index (χ4v) is 9.08. The van der Waals surface area contributed by atoms with E-state index in [1.54, 1.807) is 0 Å². The van der Waals surface area contributed by atoms with E-state index < -0.39 is 0 Å². The normalized spacial score (nSPS) is 37.5. The van der Waals surface area contributed by atoms with Gasteiger partial charge < -0.3 is 4.90 Å². The summed E-state index contributed by atoms with van der Waals surface area (Å²) in [7, 11) is 0. The molecule has 1 aromatic carbocycles. The fraction of sp³-hybridized carbons (Fsp3) is 0.733. The Bertz CT molecular complexity index is 1020. The summed E-state index contributed by atoms with van der Waals surface area (Å²) < 4.78 is 0. The zero-order chi connectivity index (χ0) is 24.8. The molecule has 7 rings (SSSR count). The van der Waals surface area contributed by atoms with E-state index in [1.165, 1.54) is 57.8 Å². The SMILES string of the molecule is O=C(N(c1ccccc1)C1C[C@H]2CCC[C@@H](C1)N2C1C[C@H]2CCC[C@@H](C1)C2)N1CCC[C@H]1C1=NN=NC1. The largest absolute Gasteiger partial charge is 0.325 e. The molecule has 6 aliphatic rings. The number of carbonyl (C=O) groups excluding carboxylic acids is 1. The number of amides is 2. The summed E-state index contributed by atoms with van der Waals surface area (Å²) in [5.41, 5.74) is 2.00. The smallest absolute Gasteiger partial charge is 0.316 e. The number of anilines is 1. The average Bonchev–Trinajstić information content (AvgIpc) is 3.61. The van der Waals surface area contributed by atoms with E-state index in [0.29, 0.717) is 18.6 Å². The second kappa shape index (κ2) is 10.1. The first-order valence-electron chi connectivity index (χ1n) is 15.1. The van der Waals surface area contributed by atoms with Crippen molar-refractivity contribution in [1.29, 1.82) is 0 Å². The lowest BCUT2D eigenvalue weighted by atomic mass is 9.68. The number of hydrogen-bond donors (Lipinski definition) is 0. The maximum absolute atomic E-state index is 14.4. The lowest BCUT2D eigenvalue weighted by molar-refractivity contribution is -0.0404. The molecule has 4 bridgehead atoms. The second-order valence-electron chi connectivity index (χ2n) is 12.7. The van der Waals surface area contributed by atoms with E-state index in [1.807, 2.05) is 0 Å². The van der Waals surface area contributed by atoms with Gasteiger partial charge in [-0.05, 0) is 87.0 Å². The Balaban J connectivity index is 1.14. The van der Waals surface area contributed by atoms with Crippen molar-refractivity contribution in [2.45, 2.75) is 114 Å². The van der Waals surface area contributed by atoms with Gasteiger partial charge in [0.25, 0.3) is 0 Å². The second-order valence-corrected chi connectivity index (χ2v) is 12.7. The van der Waals surface area contributed by atoms with E-state index in [2.05, 4.69) is 60.5 Å². The molecule has 0 N–H and O–H groups in total. The molecule has 4 heterocycles. The number of hydrogen-bond acceptors (Lipinski definition) is 5. The molecule has 7 atom stereocenters. The van der Waals surface area contributed by atoms with Crippen LogP contribution in [-0.2, 0) is 0 Å². The summed E-state index contributed by atoms with van der Waals surface area (Å²) in [6, 6.07) is 12.9. The summed E-state index contributed by atoms with van der Waals surface area (Å²) in [6.07, 6.45) is 16.8. The number of piperidine rings is 2. The third kappa shape index (κ3) is 4.51. The van der Waals surface area contributed by atoms with Crippen LogP contribution < -0.4 is 4.90 Å². The van der Waals surface area contributed by atoms with Gasteiger partial charge in [-0.3, -0.25) is 9.80 Å². The van der Waals surface area contributed by atoms with Crippen LogP contribution >= 0.6 is 0 Å². The Morgan fingerprint density at radius 3 is 2.24 bits per heavy atom. The molecule has 7 heteroatoms. The molecule has 0 spiro atoms. The third-order valence-corrected chi connectivity index (χ3v) is 10.5. The van der Waals surface area contributed by atoms with Crippen LogP contribution in [0.5, 0.6) is 0 Å². The molecule has 2 saturated carbocycles. The Kier molecular flexibility index (Phi) is 6.51. The molecule has 2 aliphatic carbocycles. The summed E-state index contributed by atoms with van der Waals surface area (Å²) in [5, 5.41) is 12.2. The number of benzene rings is 1. The minimum atomic E-state index is 0.0370. The zero-order valence-electron chi connectivity index (χ0n) is 22.1. The Morgan fingerprint density at radius 2 is 1.54 bits per heavy atom. The topological polar surface area (TPSA) is 63.9 Å². The lowest BCUT2D eigenvalue weighted by Crippen LogP contribution is -2.63. The van der Waals surface area contributed by atoms with Crippen molar-refractivity contribution in [3.8, 4) is 0 Å². The van der Waals surface area contributed by atoms with Gasteiger partial charge in [-0.15, -0.1) is 5.10 Å². The Labute approximate surface area is 221 Å². The van der Waals surface area contributed by atoms with Crippen molar-refractivity contribution in [2.24, 2.45) is 27.3 Å². The standard InChI is InChI=1S/C30H42N6O/c37-30(34-14-6-13-29(34)28-20-31-33-32-28)36(23-9-2-1-3-10-23)27-18-24-11-5-12-25(19-27)35(24)26-16-21-7-4-8-22(15-21)17-26/h1-3,9-10,21-22,24-27,29H,4-8,11-20H2/t21-,22+,24-,25+,26?,27?,29-/m0/s1. The average molecular weight is 503 g/mol. The van der Waals surface area contributed by atoms with Gasteiger partial charge in [0.15, 0.2) is 0 Å². The van der Waals surface area contributed by atoms with Crippen LogP contribution in [0.3, 0.4) is 0 Å². The number of carbonyl (C=O) groups is 1. The Morgan fingerprint density at radius 1 is 0.811 bits per heavy atom. The molecular formula is C30H42N6O. The van der Waals surface area contributed by atoms with E-state index in [-0.39, 0.29) is 18.1 Å². The van der Waals surface area contributed by atoms with Gasteiger partial charge in [-0.2, -0.15) is 5.11 Å². The van der Waals surface area contributed by atoms with Crippen LogP contribution in [0.4, 0.5) is 10.5 Å². The molecule has 198 valence electrons. The van der Waals surface area contributed by atoms with Crippen molar-refractivity contribution in [3.05, 3.63) is 30.3 Å². The van der Waals surface area contributed by atoms with Crippen LogP contribution in [0.2, 0.25) is 0 Å². The summed E-state index contributed by atoms with van der Waals surface area (Å²) >= 11 is 0. The number of rotatable bonds is 4. The molecule has 4 aliphatic heterocycles. The predicted octanol–water partition coefficient (Wildman–Crippen LogP) is 6.25. The highest BCUT2D eigenvalue weighted by molar-refractivity contribution is 5.99. The summed E-state index contributed by atoms with van der Waals surface area (Å²) in [6.45, 7) is 1.33. The molecule has 2 amide bonds. The fourth-order valence-electron chi connectivity index (χ4n) is 9.08. The Hall–Kier alpha value is -2.28. The molecule has 5 fully saturated rings. The number of para-hydroxylation sites is 1. The first kappa shape index (κ1) is 23.8. The van der Waals surface area contributed by atoms with Gasteiger partial charge in [0.1, 0.15) is 6.54 Å². The van der Waals surface area contributed by atoms with Crippen LogP contribution in [0.25, 0.3) is 0 Å². The van der Waals surface area contributed by atoms with Gasteiger partial charge in [0.05, 0.1) is 11.8 Å². The van der Waals surface area contributed by atoms with Gasteiger partial charge in [-0.25, -0.2) is 4.79 Å². The van der Waals surface area contributed by atoms with E-state index >= 15 is 0 Å². The first-order valence-corrected chi connectivity index (χ1v) is 15.1. The molecule has 2 unspecified atom stereocenters. The monoisotopic (exact) mass is 502 g/mol. The van der Waals surface area contributed by atoms with E-state index in [4.69, 9.17) is 0 Å². The maximum atomic E-state index is 14.4. The van der Waals surface area contributed by atoms with Crippen LogP contribution in [0.15, 0.2) is 45.8 Å². The van der Waals surface area contributed by atoms with Crippen molar-refractivity contribution in [2.75, 3.05) is 18.0 Å². The minimum Gasteiger partial charge on any atom is -0.316 e. The summed E-state index contributed by atoms with van der Waals surface area (Å²) in [5.74, 6) is 1.92. The number of fused-ring (bicyclic) bond motifs is 4. The quantitative estimate of drug-likeness (QED) is 0.488. The van der Waals surface area contributed by atoms with E-state index in [0.717, 1.165) is 61.5 Å². The van der Waals surface area contributed by atoms with Gasteiger partial charge in [-0.1, -0.05) is 43.9 Å². The summed E-state index contributed by atoms with van der Waals surface area (Å²) in [4.78, 5) is 21.6. The van der Waals surface area contributed by atoms with Gasteiger partial charge in [0, 0.05) is 36.4 Å². The van der Waals surface area contributed by atoms with Gasteiger partial charge >= 0.3 is 6.03 Å². The van der Waals surface area contributed by atoms with Gasteiger partial charge in [0.2, 0.25) is 0 Å². The number of likely N-dealkylation sites (tertiary alicyclic amines) is 1. The number of urea groups is 1. The lowest BCUT2D eigenvalue weighted by Gasteiger charge is -2.56. The van der Waals surface area contributed by atoms with Crippen LogP contribution in [0.1, 0.15) is 83.5 Å². The first-order chi connectivity index (χ1) is 18.2. The van der Waals surface area contributed by atoms with Crippen molar-refractivity contribution >= 4 is 17.4 Å². The maximum Gasteiger partial charge on any atom is 0.325 e. The zero-order valence-corrected chi connectivity index (χ0v) is 22.1. The molecule has 0 aromatic heterocycles. The highest BCUT2D eigenvalue weighted by Gasteiger charge is 2.47. The minimum absolute atomic E-state index is 0.0370. The van der Waals surface area contributed by atoms with Crippen LogP contribution in [-0.4, -0.2) is 64.8 Å². The molecule has 0 radical (unpaired) electrons. The van der Waals surface area contributed by atoms with Crippen molar-refractivity contribution in [1.82, 2.24) is 9.80 Å². The highest BCUT2D eigenvalue weighted by Crippen LogP contribution is 2.46. The highest BCUT2D eigenvalue weighted by atomic mass is 16.2.